The molecular formula is C18H21BrN2O6S2. The first kappa shape index (κ1) is 22.0. The molecule has 1 saturated heterocycles. The van der Waals surface area contributed by atoms with Gasteiger partial charge >= 0.3 is 0 Å². The monoisotopic (exact) mass is 504 g/mol. The van der Waals surface area contributed by atoms with Crippen molar-refractivity contribution in [3.05, 3.63) is 46.9 Å². The molecule has 0 N–H and O–H groups in total. The second-order valence-corrected chi connectivity index (χ2v) is 11.0. The molecule has 2 aromatic carbocycles. The summed E-state index contributed by atoms with van der Waals surface area (Å²) in [6, 6.07) is 10.9. The molecule has 1 heterocycles. The van der Waals surface area contributed by atoms with Crippen LogP contribution < -0.4 is 9.47 Å². The molecule has 0 unspecified atom stereocenters. The van der Waals surface area contributed by atoms with Crippen molar-refractivity contribution in [3.63, 3.8) is 0 Å². The quantitative estimate of drug-likeness (QED) is 0.598. The van der Waals surface area contributed by atoms with E-state index in [2.05, 4.69) is 15.9 Å². The molecule has 0 saturated carbocycles. The van der Waals surface area contributed by atoms with Crippen LogP contribution in [-0.4, -0.2) is 65.8 Å². The van der Waals surface area contributed by atoms with E-state index in [1.807, 2.05) is 0 Å². The van der Waals surface area contributed by atoms with Crippen molar-refractivity contribution in [2.75, 3.05) is 40.4 Å². The number of methoxy groups -OCH3 is 2. The second-order valence-electron chi connectivity index (χ2n) is 6.28. The summed E-state index contributed by atoms with van der Waals surface area (Å²) in [4.78, 5) is 0.162. The SMILES string of the molecule is COc1ccc(OC)c(S(=O)(=O)N2CCN(S(=O)(=O)c3ccc(Br)cc3)CC2)c1. The van der Waals surface area contributed by atoms with E-state index in [9.17, 15) is 16.8 Å². The van der Waals surface area contributed by atoms with Crippen LogP contribution in [0, 0.1) is 0 Å². The van der Waals surface area contributed by atoms with Crippen LogP contribution in [-0.2, 0) is 20.0 Å². The van der Waals surface area contributed by atoms with Crippen molar-refractivity contribution in [2.24, 2.45) is 0 Å². The zero-order valence-corrected chi connectivity index (χ0v) is 19.1. The smallest absolute Gasteiger partial charge is 0.246 e. The largest absolute Gasteiger partial charge is 0.497 e. The highest BCUT2D eigenvalue weighted by Crippen LogP contribution is 2.31. The van der Waals surface area contributed by atoms with Gasteiger partial charge in [-0.3, -0.25) is 0 Å². The van der Waals surface area contributed by atoms with E-state index >= 15 is 0 Å². The van der Waals surface area contributed by atoms with Crippen LogP contribution in [0.25, 0.3) is 0 Å². The summed E-state index contributed by atoms with van der Waals surface area (Å²) < 4.78 is 65.5. The summed E-state index contributed by atoms with van der Waals surface area (Å²) in [5, 5.41) is 0. The predicted molar refractivity (Wildman–Crippen MR) is 111 cm³/mol. The third-order valence-electron chi connectivity index (χ3n) is 4.64. The average Bonchev–Trinajstić information content (AvgIpc) is 2.73. The number of ether oxygens (including phenoxy) is 2. The van der Waals surface area contributed by atoms with Crippen LogP contribution in [0.2, 0.25) is 0 Å². The van der Waals surface area contributed by atoms with E-state index in [4.69, 9.17) is 9.47 Å². The van der Waals surface area contributed by atoms with E-state index in [0.29, 0.717) is 5.75 Å². The summed E-state index contributed by atoms with van der Waals surface area (Å²) >= 11 is 3.28. The lowest BCUT2D eigenvalue weighted by atomic mass is 10.3. The molecule has 29 heavy (non-hydrogen) atoms. The van der Waals surface area contributed by atoms with Crippen molar-refractivity contribution < 1.29 is 26.3 Å². The molecule has 2 aromatic rings. The van der Waals surface area contributed by atoms with Crippen LogP contribution in [0.1, 0.15) is 0 Å². The fourth-order valence-corrected chi connectivity index (χ4v) is 6.31. The molecule has 1 aliphatic heterocycles. The number of rotatable bonds is 6. The first-order chi connectivity index (χ1) is 13.7. The summed E-state index contributed by atoms with van der Waals surface area (Å²) in [5.74, 6) is 0.594. The number of nitrogens with zero attached hydrogens (tertiary/aromatic N) is 2. The summed E-state index contributed by atoms with van der Waals surface area (Å²) in [6.45, 7) is 0.199. The molecule has 0 amide bonds. The van der Waals surface area contributed by atoms with E-state index in [0.717, 1.165) is 4.47 Å². The van der Waals surface area contributed by atoms with Crippen molar-refractivity contribution in [2.45, 2.75) is 9.79 Å². The summed E-state index contributed by atoms with van der Waals surface area (Å²) in [5.41, 5.74) is 0. The molecule has 8 nitrogen and oxygen atoms in total. The predicted octanol–water partition coefficient (Wildman–Crippen LogP) is 2.16. The van der Waals surface area contributed by atoms with Gasteiger partial charge in [0.15, 0.2) is 0 Å². The molecule has 0 atom stereocenters. The van der Waals surface area contributed by atoms with E-state index in [-0.39, 0.29) is 41.7 Å². The molecule has 0 radical (unpaired) electrons. The molecule has 158 valence electrons. The van der Waals surface area contributed by atoms with Gasteiger partial charge in [0.05, 0.1) is 19.1 Å². The van der Waals surface area contributed by atoms with Gasteiger partial charge in [-0.05, 0) is 36.4 Å². The normalized spacial score (nSPS) is 16.5. The number of halogens is 1. The Bertz CT molecular complexity index is 1080. The van der Waals surface area contributed by atoms with Crippen LogP contribution in [0.3, 0.4) is 0 Å². The van der Waals surface area contributed by atoms with Crippen molar-refractivity contribution in [1.82, 2.24) is 8.61 Å². The highest BCUT2D eigenvalue weighted by Gasteiger charge is 2.35. The van der Waals surface area contributed by atoms with Gasteiger partial charge in [0.1, 0.15) is 16.4 Å². The third-order valence-corrected chi connectivity index (χ3v) is 9.00. The summed E-state index contributed by atoms with van der Waals surface area (Å²) in [7, 11) is -4.72. The van der Waals surface area contributed by atoms with Crippen LogP contribution in [0.15, 0.2) is 56.7 Å². The Balaban J connectivity index is 1.81. The maximum absolute atomic E-state index is 13.1. The highest BCUT2D eigenvalue weighted by molar-refractivity contribution is 9.10. The minimum absolute atomic E-state index is 0.0106. The van der Waals surface area contributed by atoms with Gasteiger partial charge in [-0.2, -0.15) is 8.61 Å². The fraction of sp³-hybridized carbons (Fsp3) is 0.333. The molecule has 0 aliphatic carbocycles. The minimum atomic E-state index is -3.88. The number of benzene rings is 2. The number of hydrogen-bond acceptors (Lipinski definition) is 6. The maximum atomic E-state index is 13.1. The van der Waals surface area contributed by atoms with Crippen molar-refractivity contribution >= 4 is 36.0 Å². The van der Waals surface area contributed by atoms with Crippen molar-refractivity contribution in [1.29, 1.82) is 0 Å². The standard InChI is InChI=1S/C18H21BrN2O6S2/c1-26-15-5-8-17(27-2)18(13-15)29(24,25)21-11-9-20(10-12-21)28(22,23)16-6-3-14(19)4-7-16/h3-8,13H,9-12H2,1-2H3. The first-order valence-corrected chi connectivity index (χ1v) is 12.4. The second kappa shape index (κ2) is 8.60. The van der Waals surface area contributed by atoms with Crippen molar-refractivity contribution in [3.8, 4) is 11.5 Å². The first-order valence-electron chi connectivity index (χ1n) is 8.68. The zero-order valence-electron chi connectivity index (χ0n) is 15.9. The molecule has 11 heteroatoms. The molecule has 1 aliphatic rings. The summed E-state index contributed by atoms with van der Waals surface area (Å²) in [6.07, 6.45) is 0. The molecular weight excluding hydrogens is 484 g/mol. The van der Waals surface area contributed by atoms with Crippen LogP contribution in [0.4, 0.5) is 0 Å². The zero-order chi connectivity index (χ0) is 21.2. The maximum Gasteiger partial charge on any atom is 0.246 e. The molecule has 3 rings (SSSR count). The van der Waals surface area contributed by atoms with Crippen LogP contribution in [0.5, 0.6) is 11.5 Å². The Morgan fingerprint density at radius 3 is 1.86 bits per heavy atom. The van der Waals surface area contributed by atoms with Gasteiger partial charge in [-0.15, -0.1) is 0 Å². The Hall–Kier alpha value is -1.66. The van der Waals surface area contributed by atoms with Gasteiger partial charge in [0, 0.05) is 36.7 Å². The fourth-order valence-electron chi connectivity index (χ4n) is 3.03. The lowest BCUT2D eigenvalue weighted by Gasteiger charge is -2.33. The Kier molecular flexibility index (Phi) is 6.54. The Labute approximate surface area is 179 Å². The highest BCUT2D eigenvalue weighted by atomic mass is 79.9. The van der Waals surface area contributed by atoms with Gasteiger partial charge in [0.2, 0.25) is 20.0 Å². The lowest BCUT2D eigenvalue weighted by molar-refractivity contribution is 0.272. The third kappa shape index (κ3) is 4.43. The molecule has 0 bridgehead atoms. The Morgan fingerprint density at radius 2 is 1.34 bits per heavy atom. The van der Waals surface area contributed by atoms with Gasteiger partial charge < -0.3 is 9.47 Å². The number of piperazine rings is 1. The van der Waals surface area contributed by atoms with E-state index in [1.165, 1.54) is 47.1 Å². The molecule has 0 spiro atoms. The van der Waals surface area contributed by atoms with E-state index < -0.39 is 20.0 Å². The lowest BCUT2D eigenvalue weighted by Crippen LogP contribution is -2.50. The van der Waals surface area contributed by atoms with Gasteiger partial charge in [-0.1, -0.05) is 15.9 Å². The van der Waals surface area contributed by atoms with Gasteiger partial charge in [-0.25, -0.2) is 16.8 Å². The Morgan fingerprint density at radius 1 is 0.793 bits per heavy atom. The number of sulfonamides is 2. The minimum Gasteiger partial charge on any atom is -0.497 e. The van der Waals surface area contributed by atoms with Gasteiger partial charge in [0.25, 0.3) is 0 Å². The van der Waals surface area contributed by atoms with E-state index in [1.54, 1.807) is 18.2 Å². The average molecular weight is 505 g/mol. The molecule has 0 aromatic heterocycles. The topological polar surface area (TPSA) is 93.2 Å². The van der Waals surface area contributed by atoms with Crippen LogP contribution >= 0.6 is 15.9 Å². The molecule has 1 fully saturated rings. The number of hydrogen-bond donors (Lipinski definition) is 0.